The van der Waals surface area contributed by atoms with Crippen LogP contribution in [0.15, 0.2) is 0 Å². The number of hydrogen-bond donors (Lipinski definition) is 0. The molecule has 3 heteroatoms. The molecule has 0 saturated heterocycles. The normalized spacial score (nSPS) is 12.0. The van der Waals surface area contributed by atoms with E-state index in [1.807, 2.05) is 14.2 Å². The number of rotatable bonds is 20. The predicted molar refractivity (Wildman–Crippen MR) is 109 cm³/mol. The van der Waals surface area contributed by atoms with Crippen molar-refractivity contribution in [1.29, 1.82) is 0 Å². The van der Waals surface area contributed by atoms with Gasteiger partial charge in [-0.3, -0.25) is 0 Å². The van der Waals surface area contributed by atoms with Crippen molar-refractivity contribution in [3.8, 4) is 0 Å². The molecule has 2 nitrogen and oxygen atoms in total. The van der Waals surface area contributed by atoms with Crippen molar-refractivity contribution in [2.45, 2.75) is 125 Å². The van der Waals surface area contributed by atoms with E-state index in [0.717, 1.165) is 0 Å². The first kappa shape index (κ1) is 25.8. The van der Waals surface area contributed by atoms with Crippen molar-refractivity contribution in [2.75, 3.05) is 14.2 Å². The van der Waals surface area contributed by atoms with Crippen LogP contribution in [0.1, 0.15) is 117 Å². The summed E-state index contributed by atoms with van der Waals surface area (Å²) >= 11 is -2.71. The van der Waals surface area contributed by atoms with Gasteiger partial charge in [-0.15, -0.1) is 0 Å². The van der Waals surface area contributed by atoms with Crippen molar-refractivity contribution >= 4 is 0 Å². The topological polar surface area (TPSA) is 18.5 Å². The van der Waals surface area contributed by atoms with Crippen LogP contribution in [0.2, 0.25) is 8.26 Å². The predicted octanol–water partition coefficient (Wildman–Crippen LogP) is 8.38. The molecule has 0 rings (SSSR count). The molecule has 0 unspecified atom stereocenters. The van der Waals surface area contributed by atoms with E-state index >= 15 is 0 Å². The van der Waals surface area contributed by atoms with Gasteiger partial charge in [0.05, 0.1) is 0 Å². The van der Waals surface area contributed by atoms with Crippen LogP contribution in [-0.4, -0.2) is 14.2 Å². The molecule has 25 heavy (non-hydrogen) atoms. The minimum atomic E-state index is -2.71. The Bertz CT molecular complexity index is 232. The summed E-state index contributed by atoms with van der Waals surface area (Å²) < 4.78 is 14.5. The van der Waals surface area contributed by atoms with Gasteiger partial charge >= 0.3 is 166 Å². The van der Waals surface area contributed by atoms with Crippen molar-refractivity contribution in [2.24, 2.45) is 0 Å². The van der Waals surface area contributed by atoms with Gasteiger partial charge < -0.3 is 0 Å². The Kier molecular flexibility index (Phi) is 20.2. The zero-order valence-corrected chi connectivity index (χ0v) is 20.5. The van der Waals surface area contributed by atoms with E-state index in [1.165, 1.54) is 111 Å². The van der Waals surface area contributed by atoms with Gasteiger partial charge in [0.15, 0.2) is 0 Å². The second kappa shape index (κ2) is 19.6. The Morgan fingerprint density at radius 1 is 0.440 bits per heavy atom. The maximum absolute atomic E-state index is 5.99. The van der Waals surface area contributed by atoms with Gasteiger partial charge in [0.25, 0.3) is 0 Å². The molecule has 0 N–H and O–H groups in total. The molecule has 0 spiro atoms. The molecule has 0 radical (unpaired) electrons. The molecule has 0 bridgehead atoms. The standard InChI is InChI=1S/2C10H21.2CH3O.Zr/c2*1-3-5-7-9-10-8-6-4-2;2*1-2;/h2*1,3-10H2,2H3;2*1H3;/q;;2*-1;+2. The first-order valence-corrected chi connectivity index (χ1v) is 16.8. The van der Waals surface area contributed by atoms with Gasteiger partial charge in [-0.25, -0.2) is 0 Å². The zero-order valence-electron chi connectivity index (χ0n) is 18.0. The molecule has 0 atom stereocenters. The molecule has 0 aromatic rings. The van der Waals surface area contributed by atoms with Gasteiger partial charge in [-0.2, -0.15) is 0 Å². The third kappa shape index (κ3) is 15.5. The van der Waals surface area contributed by atoms with Crippen LogP contribution in [0.25, 0.3) is 0 Å². The van der Waals surface area contributed by atoms with E-state index in [4.69, 9.17) is 5.63 Å². The van der Waals surface area contributed by atoms with Crippen LogP contribution in [0.4, 0.5) is 0 Å². The average Bonchev–Trinajstić information content (AvgIpc) is 2.64. The fourth-order valence-corrected chi connectivity index (χ4v) is 10.6. The Hall–Kier alpha value is 0.803. The summed E-state index contributed by atoms with van der Waals surface area (Å²) in [7, 11) is 3.82. The van der Waals surface area contributed by atoms with Crippen LogP contribution in [0.5, 0.6) is 0 Å². The Labute approximate surface area is 165 Å². The molecule has 0 aliphatic heterocycles. The average molecular weight is 436 g/mol. The molecule has 0 aliphatic carbocycles. The van der Waals surface area contributed by atoms with E-state index in [1.54, 1.807) is 0 Å². The van der Waals surface area contributed by atoms with Crippen molar-refractivity contribution in [3.05, 3.63) is 0 Å². The first-order chi connectivity index (χ1) is 12.2. The van der Waals surface area contributed by atoms with Crippen LogP contribution in [0, 0.1) is 0 Å². The van der Waals surface area contributed by atoms with Crippen LogP contribution in [0.3, 0.4) is 0 Å². The second-order valence-electron chi connectivity index (χ2n) is 7.77. The molecule has 0 aromatic carbocycles. The van der Waals surface area contributed by atoms with E-state index in [9.17, 15) is 0 Å². The van der Waals surface area contributed by atoms with Gasteiger partial charge in [-0.1, -0.05) is 0 Å². The molecular weight excluding hydrogens is 387 g/mol. The molecule has 0 amide bonds. The SMILES string of the molecule is CCCCCCCCC[CH2][Zr]([CH2]CCCCCCCCC)([O]C)[O]C. The van der Waals surface area contributed by atoms with Gasteiger partial charge in [-0.05, 0) is 0 Å². The third-order valence-corrected chi connectivity index (χ3v) is 14.7. The monoisotopic (exact) mass is 434 g/mol. The number of unbranched alkanes of at least 4 members (excludes halogenated alkanes) is 14. The quantitative estimate of drug-likeness (QED) is 0.179. The summed E-state index contributed by atoms with van der Waals surface area (Å²) in [5, 5.41) is 0. The van der Waals surface area contributed by atoms with Gasteiger partial charge in [0.2, 0.25) is 0 Å². The third-order valence-electron chi connectivity index (χ3n) is 5.57. The first-order valence-electron chi connectivity index (χ1n) is 11.3. The van der Waals surface area contributed by atoms with Crippen molar-refractivity contribution < 1.29 is 26.8 Å². The summed E-state index contributed by atoms with van der Waals surface area (Å²) in [6, 6.07) is 0. The van der Waals surface area contributed by atoms with Crippen LogP contribution < -0.4 is 0 Å². The van der Waals surface area contributed by atoms with E-state index in [0.29, 0.717) is 0 Å². The Morgan fingerprint density at radius 3 is 1.00 bits per heavy atom. The molecule has 0 saturated carbocycles. The summed E-state index contributed by atoms with van der Waals surface area (Å²) in [5.41, 5.74) is 0. The van der Waals surface area contributed by atoms with Crippen LogP contribution >= 0.6 is 0 Å². The van der Waals surface area contributed by atoms with Crippen molar-refractivity contribution in [1.82, 2.24) is 0 Å². The Balaban J connectivity index is 3.70. The molecule has 0 heterocycles. The molecular formula is C22H48O2Zr. The van der Waals surface area contributed by atoms with E-state index < -0.39 is 21.1 Å². The van der Waals surface area contributed by atoms with E-state index in [-0.39, 0.29) is 0 Å². The van der Waals surface area contributed by atoms with Crippen LogP contribution in [-0.2, 0) is 26.8 Å². The second-order valence-corrected chi connectivity index (χ2v) is 16.7. The van der Waals surface area contributed by atoms with E-state index in [2.05, 4.69) is 13.8 Å². The Morgan fingerprint density at radius 2 is 0.720 bits per heavy atom. The molecule has 0 fully saturated rings. The van der Waals surface area contributed by atoms with Gasteiger partial charge in [0, 0.05) is 0 Å². The minimum absolute atomic E-state index is 1.26. The molecule has 0 aliphatic rings. The summed E-state index contributed by atoms with van der Waals surface area (Å²) in [4.78, 5) is 0. The molecule has 0 aromatic heterocycles. The van der Waals surface area contributed by atoms with Gasteiger partial charge in [0.1, 0.15) is 0 Å². The summed E-state index contributed by atoms with van der Waals surface area (Å²) in [6.07, 6.45) is 22.2. The summed E-state index contributed by atoms with van der Waals surface area (Å²) in [5.74, 6) is 0. The zero-order chi connectivity index (χ0) is 18.6. The molecule has 152 valence electrons. The summed E-state index contributed by atoms with van der Waals surface area (Å²) in [6.45, 7) is 4.57. The number of hydrogen-bond acceptors (Lipinski definition) is 2. The van der Waals surface area contributed by atoms with Crippen molar-refractivity contribution in [3.63, 3.8) is 0 Å². The maximum atomic E-state index is 5.99. The fourth-order valence-electron chi connectivity index (χ4n) is 3.67. The fraction of sp³-hybridized carbons (Fsp3) is 1.00.